The van der Waals surface area contributed by atoms with E-state index in [9.17, 15) is 0 Å². The third-order valence-electron chi connectivity index (χ3n) is 2.61. The van der Waals surface area contributed by atoms with Crippen LogP contribution in [-0.2, 0) is 5.75 Å². The predicted molar refractivity (Wildman–Crippen MR) is 91.5 cm³/mol. The lowest BCUT2D eigenvalue weighted by atomic mass is 10.2. The van der Waals surface area contributed by atoms with Crippen molar-refractivity contribution in [2.45, 2.75) is 19.6 Å². The SMILES string of the molecule is CC(C)CSSCc1ccc(Oc2ccccc2)cc1. The molecule has 0 aliphatic rings. The van der Waals surface area contributed by atoms with Gasteiger partial charge in [-0.3, -0.25) is 0 Å². The Morgan fingerprint density at radius 1 is 0.850 bits per heavy atom. The van der Waals surface area contributed by atoms with Crippen molar-refractivity contribution >= 4 is 21.6 Å². The second kappa shape index (κ2) is 8.28. The predicted octanol–water partition coefficient (Wildman–Crippen LogP) is 6.02. The van der Waals surface area contributed by atoms with Gasteiger partial charge < -0.3 is 4.74 Å². The summed E-state index contributed by atoms with van der Waals surface area (Å²) in [6, 6.07) is 18.2. The van der Waals surface area contributed by atoms with E-state index in [1.165, 1.54) is 11.3 Å². The third kappa shape index (κ3) is 5.51. The van der Waals surface area contributed by atoms with Gasteiger partial charge in [-0.1, -0.05) is 65.8 Å². The van der Waals surface area contributed by atoms with Crippen molar-refractivity contribution < 1.29 is 4.74 Å². The molecule has 3 heteroatoms. The lowest BCUT2D eigenvalue weighted by Gasteiger charge is -2.07. The van der Waals surface area contributed by atoms with Gasteiger partial charge in [-0.2, -0.15) is 0 Å². The quantitative estimate of drug-likeness (QED) is 0.457. The van der Waals surface area contributed by atoms with Gasteiger partial charge in [0, 0.05) is 11.5 Å². The molecule has 0 heterocycles. The number of rotatable bonds is 7. The highest BCUT2D eigenvalue weighted by Crippen LogP contribution is 2.29. The lowest BCUT2D eigenvalue weighted by Crippen LogP contribution is -1.88. The molecule has 0 spiro atoms. The Hall–Kier alpha value is -1.06. The van der Waals surface area contributed by atoms with Crippen LogP contribution in [0.2, 0.25) is 0 Å². The van der Waals surface area contributed by atoms with E-state index in [0.717, 1.165) is 23.2 Å². The molecule has 0 aliphatic carbocycles. The molecule has 0 bridgehead atoms. The van der Waals surface area contributed by atoms with Gasteiger partial charge in [0.15, 0.2) is 0 Å². The van der Waals surface area contributed by atoms with Crippen molar-refractivity contribution in [3.05, 3.63) is 60.2 Å². The Morgan fingerprint density at radius 2 is 1.50 bits per heavy atom. The molecule has 2 rings (SSSR count). The van der Waals surface area contributed by atoms with E-state index in [0.29, 0.717) is 0 Å². The van der Waals surface area contributed by atoms with E-state index in [1.54, 1.807) is 0 Å². The molecule has 1 nitrogen and oxygen atoms in total. The minimum Gasteiger partial charge on any atom is -0.457 e. The van der Waals surface area contributed by atoms with Crippen LogP contribution in [0, 0.1) is 5.92 Å². The molecule has 0 aromatic heterocycles. The standard InChI is InChI=1S/C17H20OS2/c1-14(2)12-19-20-13-15-8-10-17(11-9-15)18-16-6-4-3-5-7-16/h3-11,14H,12-13H2,1-2H3. The Kier molecular flexibility index (Phi) is 6.34. The zero-order chi connectivity index (χ0) is 14.2. The monoisotopic (exact) mass is 304 g/mol. The molecule has 0 N–H and O–H groups in total. The molecule has 0 saturated carbocycles. The van der Waals surface area contributed by atoms with Gasteiger partial charge in [0.05, 0.1) is 0 Å². The normalized spacial score (nSPS) is 10.8. The zero-order valence-corrected chi connectivity index (χ0v) is 13.5. The van der Waals surface area contributed by atoms with Gasteiger partial charge in [-0.15, -0.1) is 0 Å². The van der Waals surface area contributed by atoms with Crippen molar-refractivity contribution in [1.82, 2.24) is 0 Å². The Balaban J connectivity index is 1.81. The van der Waals surface area contributed by atoms with Gasteiger partial charge in [0.1, 0.15) is 11.5 Å². The van der Waals surface area contributed by atoms with Crippen LogP contribution >= 0.6 is 21.6 Å². The van der Waals surface area contributed by atoms with Crippen molar-refractivity contribution in [2.75, 3.05) is 5.75 Å². The summed E-state index contributed by atoms with van der Waals surface area (Å²) in [5.41, 5.74) is 1.34. The molecule has 0 unspecified atom stereocenters. The van der Waals surface area contributed by atoms with E-state index >= 15 is 0 Å². The maximum Gasteiger partial charge on any atom is 0.127 e. The van der Waals surface area contributed by atoms with Crippen LogP contribution in [0.25, 0.3) is 0 Å². The van der Waals surface area contributed by atoms with E-state index in [4.69, 9.17) is 4.74 Å². The third-order valence-corrected chi connectivity index (χ3v) is 5.29. The van der Waals surface area contributed by atoms with Gasteiger partial charge in [-0.05, 0) is 35.7 Å². The van der Waals surface area contributed by atoms with Crippen LogP contribution in [-0.4, -0.2) is 5.75 Å². The van der Waals surface area contributed by atoms with E-state index in [2.05, 4.69) is 26.0 Å². The maximum absolute atomic E-state index is 5.78. The molecule has 20 heavy (non-hydrogen) atoms. The molecule has 2 aromatic rings. The number of para-hydroxylation sites is 1. The molecule has 106 valence electrons. The summed E-state index contributed by atoms with van der Waals surface area (Å²) in [7, 11) is 3.87. The summed E-state index contributed by atoms with van der Waals surface area (Å²) in [6.45, 7) is 4.51. The minimum absolute atomic E-state index is 0.758. The zero-order valence-electron chi connectivity index (χ0n) is 11.9. The highest BCUT2D eigenvalue weighted by atomic mass is 33.1. The first-order valence-corrected chi connectivity index (χ1v) is 9.29. The average molecular weight is 304 g/mol. The highest BCUT2D eigenvalue weighted by Gasteiger charge is 1.99. The van der Waals surface area contributed by atoms with Gasteiger partial charge >= 0.3 is 0 Å². The van der Waals surface area contributed by atoms with E-state index < -0.39 is 0 Å². The fourth-order valence-electron chi connectivity index (χ4n) is 1.57. The Labute approximate surface area is 129 Å². The fraction of sp³-hybridized carbons (Fsp3) is 0.294. The number of ether oxygens (including phenoxy) is 1. The van der Waals surface area contributed by atoms with Gasteiger partial charge in [0.25, 0.3) is 0 Å². The van der Waals surface area contributed by atoms with Crippen molar-refractivity contribution in [1.29, 1.82) is 0 Å². The second-order valence-electron chi connectivity index (χ2n) is 5.00. The number of hydrogen-bond acceptors (Lipinski definition) is 3. The first-order chi connectivity index (χ1) is 9.74. The largest absolute Gasteiger partial charge is 0.457 e. The second-order valence-corrected chi connectivity index (χ2v) is 7.51. The molecule has 2 aromatic carbocycles. The van der Waals surface area contributed by atoms with Crippen molar-refractivity contribution in [3.8, 4) is 11.5 Å². The van der Waals surface area contributed by atoms with Crippen LogP contribution < -0.4 is 4.74 Å². The summed E-state index contributed by atoms with van der Waals surface area (Å²) in [6.07, 6.45) is 0. The van der Waals surface area contributed by atoms with Crippen molar-refractivity contribution in [3.63, 3.8) is 0 Å². The minimum atomic E-state index is 0.758. The average Bonchev–Trinajstić information content (AvgIpc) is 2.46. The van der Waals surface area contributed by atoms with Crippen LogP contribution in [0.3, 0.4) is 0 Å². The summed E-state index contributed by atoms with van der Waals surface area (Å²) < 4.78 is 5.78. The maximum atomic E-state index is 5.78. The number of benzene rings is 2. The summed E-state index contributed by atoms with van der Waals surface area (Å²) >= 11 is 0. The first kappa shape index (κ1) is 15.3. The molecule has 0 amide bonds. The Morgan fingerprint density at radius 3 is 2.15 bits per heavy atom. The van der Waals surface area contributed by atoms with Crippen LogP contribution in [0.1, 0.15) is 19.4 Å². The molecular weight excluding hydrogens is 284 g/mol. The summed E-state index contributed by atoms with van der Waals surface area (Å²) in [5.74, 6) is 4.78. The van der Waals surface area contributed by atoms with Crippen molar-refractivity contribution in [2.24, 2.45) is 5.92 Å². The topological polar surface area (TPSA) is 9.23 Å². The van der Waals surface area contributed by atoms with Crippen LogP contribution in [0.5, 0.6) is 11.5 Å². The summed E-state index contributed by atoms with van der Waals surface area (Å²) in [5, 5.41) is 0. The molecule has 0 fully saturated rings. The molecule has 0 radical (unpaired) electrons. The smallest absolute Gasteiger partial charge is 0.127 e. The Bertz CT molecular complexity index is 494. The summed E-state index contributed by atoms with van der Waals surface area (Å²) in [4.78, 5) is 0. The van der Waals surface area contributed by atoms with E-state index in [-0.39, 0.29) is 0 Å². The van der Waals surface area contributed by atoms with Gasteiger partial charge in [-0.25, -0.2) is 0 Å². The highest BCUT2D eigenvalue weighted by molar-refractivity contribution is 8.76. The number of hydrogen-bond donors (Lipinski definition) is 0. The molecule has 0 aliphatic heterocycles. The lowest BCUT2D eigenvalue weighted by molar-refractivity contribution is 0.482. The molecule has 0 atom stereocenters. The van der Waals surface area contributed by atoms with Gasteiger partial charge in [0.2, 0.25) is 0 Å². The van der Waals surface area contributed by atoms with Crippen LogP contribution in [0.4, 0.5) is 0 Å². The first-order valence-electron chi connectivity index (χ1n) is 6.80. The van der Waals surface area contributed by atoms with E-state index in [1.807, 2.05) is 64.1 Å². The molecular formula is C17H20OS2. The van der Waals surface area contributed by atoms with Crippen LogP contribution in [0.15, 0.2) is 54.6 Å². The molecule has 0 saturated heterocycles. The fourth-order valence-corrected chi connectivity index (χ4v) is 4.12.